The van der Waals surface area contributed by atoms with Crippen molar-refractivity contribution in [3.05, 3.63) is 59.2 Å². The summed E-state index contributed by atoms with van der Waals surface area (Å²) in [5.74, 6) is 0.756. The van der Waals surface area contributed by atoms with Crippen molar-refractivity contribution in [2.24, 2.45) is 0 Å². The standard InChI is InChI=1S/C20H26N2O3/c1-13(2)25-17-8-6-16(7-9-17)19(23)12-21-20(24)22-18-10-5-14(3)11-15(18)4/h5-11,13,19,23H,12H2,1-4H3,(H2,21,22,24). The summed E-state index contributed by atoms with van der Waals surface area (Å²) in [6.07, 6.45) is -0.677. The molecule has 0 saturated carbocycles. The van der Waals surface area contributed by atoms with Gasteiger partial charge in [0, 0.05) is 12.2 Å². The molecule has 5 nitrogen and oxygen atoms in total. The summed E-state index contributed by atoms with van der Waals surface area (Å²) in [6.45, 7) is 7.99. The molecule has 1 unspecified atom stereocenters. The highest BCUT2D eigenvalue weighted by Gasteiger charge is 2.11. The molecule has 0 aliphatic heterocycles. The number of hydrogen-bond acceptors (Lipinski definition) is 3. The number of aliphatic hydroxyl groups is 1. The molecule has 0 aliphatic carbocycles. The minimum Gasteiger partial charge on any atom is -0.491 e. The minimum absolute atomic E-state index is 0.103. The van der Waals surface area contributed by atoms with Gasteiger partial charge >= 0.3 is 6.03 Å². The van der Waals surface area contributed by atoms with Crippen LogP contribution in [0.4, 0.5) is 10.5 Å². The van der Waals surface area contributed by atoms with E-state index in [4.69, 9.17) is 4.74 Å². The van der Waals surface area contributed by atoms with Gasteiger partial charge in [0.2, 0.25) is 0 Å². The Bertz CT molecular complexity index is 711. The molecular formula is C20H26N2O3. The number of anilines is 1. The second-order valence-electron chi connectivity index (χ2n) is 6.40. The molecular weight excluding hydrogens is 316 g/mol. The predicted octanol–water partition coefficient (Wildman–Crippen LogP) is 3.95. The smallest absolute Gasteiger partial charge is 0.319 e. The second-order valence-corrected chi connectivity index (χ2v) is 6.40. The summed E-state index contributed by atoms with van der Waals surface area (Å²) in [7, 11) is 0. The normalized spacial score (nSPS) is 11.9. The molecule has 0 spiro atoms. The topological polar surface area (TPSA) is 70.6 Å². The number of amides is 2. The fraction of sp³-hybridized carbons (Fsp3) is 0.350. The number of hydrogen-bond donors (Lipinski definition) is 3. The lowest BCUT2D eigenvalue weighted by molar-refractivity contribution is 0.175. The van der Waals surface area contributed by atoms with Crippen LogP contribution in [0.5, 0.6) is 5.75 Å². The Morgan fingerprint density at radius 1 is 1.12 bits per heavy atom. The molecule has 3 N–H and O–H groups in total. The largest absolute Gasteiger partial charge is 0.491 e. The lowest BCUT2D eigenvalue weighted by Crippen LogP contribution is -2.32. The van der Waals surface area contributed by atoms with Crippen LogP contribution in [0.25, 0.3) is 0 Å². The van der Waals surface area contributed by atoms with E-state index in [0.29, 0.717) is 0 Å². The van der Waals surface area contributed by atoms with Gasteiger partial charge in [0.1, 0.15) is 5.75 Å². The first-order valence-corrected chi connectivity index (χ1v) is 8.42. The predicted molar refractivity (Wildman–Crippen MR) is 100 cm³/mol. The molecule has 25 heavy (non-hydrogen) atoms. The van der Waals surface area contributed by atoms with E-state index in [2.05, 4.69) is 10.6 Å². The Balaban J connectivity index is 1.86. The van der Waals surface area contributed by atoms with Crippen molar-refractivity contribution in [1.82, 2.24) is 5.32 Å². The molecule has 0 fully saturated rings. The molecule has 5 heteroatoms. The lowest BCUT2D eigenvalue weighted by Gasteiger charge is -2.15. The van der Waals surface area contributed by atoms with Gasteiger partial charge in [0.25, 0.3) is 0 Å². The maximum atomic E-state index is 12.0. The number of aryl methyl sites for hydroxylation is 2. The SMILES string of the molecule is Cc1ccc(NC(=O)NCC(O)c2ccc(OC(C)C)cc2)c(C)c1. The average Bonchev–Trinajstić information content (AvgIpc) is 2.55. The number of aliphatic hydroxyl groups excluding tert-OH is 1. The fourth-order valence-electron chi connectivity index (χ4n) is 2.47. The number of benzene rings is 2. The van der Waals surface area contributed by atoms with E-state index >= 15 is 0 Å². The van der Waals surface area contributed by atoms with Gasteiger partial charge in [-0.05, 0) is 57.0 Å². The van der Waals surface area contributed by atoms with Crippen molar-refractivity contribution < 1.29 is 14.6 Å². The Morgan fingerprint density at radius 3 is 2.40 bits per heavy atom. The van der Waals surface area contributed by atoms with E-state index in [9.17, 15) is 9.90 Å². The Morgan fingerprint density at radius 2 is 1.80 bits per heavy atom. The molecule has 0 aliphatic rings. The summed E-state index contributed by atoms with van der Waals surface area (Å²) < 4.78 is 5.57. The maximum Gasteiger partial charge on any atom is 0.319 e. The molecule has 0 heterocycles. The van der Waals surface area contributed by atoms with Crippen molar-refractivity contribution in [2.75, 3.05) is 11.9 Å². The number of carbonyl (C=O) groups is 1. The highest BCUT2D eigenvalue weighted by atomic mass is 16.5. The van der Waals surface area contributed by atoms with Gasteiger partial charge in [-0.2, -0.15) is 0 Å². The quantitative estimate of drug-likeness (QED) is 0.744. The zero-order chi connectivity index (χ0) is 18.4. The second kappa shape index (κ2) is 8.53. The molecule has 2 aromatic carbocycles. The van der Waals surface area contributed by atoms with Gasteiger partial charge in [0.05, 0.1) is 12.2 Å². The number of urea groups is 1. The monoisotopic (exact) mass is 342 g/mol. The first-order valence-electron chi connectivity index (χ1n) is 8.42. The number of carbonyl (C=O) groups excluding carboxylic acids is 1. The summed E-state index contributed by atoms with van der Waals surface area (Å²) in [4.78, 5) is 12.0. The van der Waals surface area contributed by atoms with Crippen LogP contribution in [0.15, 0.2) is 42.5 Å². The molecule has 1 atom stereocenters. The number of ether oxygens (including phenoxy) is 1. The van der Waals surface area contributed by atoms with Crippen molar-refractivity contribution in [2.45, 2.75) is 39.9 Å². The molecule has 0 aromatic heterocycles. The molecule has 0 bridgehead atoms. The van der Waals surface area contributed by atoms with E-state index in [1.165, 1.54) is 0 Å². The summed E-state index contributed by atoms with van der Waals surface area (Å²) in [5, 5.41) is 15.7. The molecule has 134 valence electrons. The van der Waals surface area contributed by atoms with E-state index in [1.807, 2.05) is 58.0 Å². The summed E-state index contributed by atoms with van der Waals surface area (Å²) in [6, 6.07) is 12.7. The minimum atomic E-state index is -0.780. The zero-order valence-corrected chi connectivity index (χ0v) is 15.2. The van der Waals surface area contributed by atoms with Crippen LogP contribution in [0, 0.1) is 13.8 Å². The van der Waals surface area contributed by atoms with Gasteiger partial charge in [-0.1, -0.05) is 29.8 Å². The third-order valence-corrected chi connectivity index (χ3v) is 3.72. The molecule has 0 saturated heterocycles. The van der Waals surface area contributed by atoms with Crippen molar-refractivity contribution in [3.8, 4) is 5.75 Å². The summed E-state index contributed by atoms with van der Waals surface area (Å²) >= 11 is 0. The van der Waals surface area contributed by atoms with Gasteiger partial charge in [0.15, 0.2) is 0 Å². The van der Waals surface area contributed by atoms with Crippen molar-refractivity contribution >= 4 is 11.7 Å². The van der Waals surface area contributed by atoms with E-state index in [1.54, 1.807) is 12.1 Å². The third-order valence-electron chi connectivity index (χ3n) is 3.72. The number of rotatable bonds is 6. The van der Waals surface area contributed by atoms with Gasteiger partial charge < -0.3 is 20.5 Å². The molecule has 2 amide bonds. The Hall–Kier alpha value is -2.53. The van der Waals surface area contributed by atoms with Crippen LogP contribution in [-0.4, -0.2) is 23.8 Å². The molecule has 2 aromatic rings. The zero-order valence-electron chi connectivity index (χ0n) is 15.2. The third kappa shape index (κ3) is 5.80. The van der Waals surface area contributed by atoms with E-state index < -0.39 is 6.10 Å². The van der Waals surface area contributed by atoms with Crippen LogP contribution >= 0.6 is 0 Å². The van der Waals surface area contributed by atoms with Crippen molar-refractivity contribution in [3.63, 3.8) is 0 Å². The van der Waals surface area contributed by atoms with Gasteiger partial charge in [-0.3, -0.25) is 0 Å². The van der Waals surface area contributed by atoms with E-state index in [0.717, 1.165) is 28.1 Å². The fourth-order valence-corrected chi connectivity index (χ4v) is 2.47. The van der Waals surface area contributed by atoms with E-state index in [-0.39, 0.29) is 18.7 Å². The first-order chi connectivity index (χ1) is 11.8. The van der Waals surface area contributed by atoms with Crippen molar-refractivity contribution in [1.29, 1.82) is 0 Å². The maximum absolute atomic E-state index is 12.0. The van der Waals surface area contributed by atoms with Crippen LogP contribution in [0.3, 0.4) is 0 Å². The average molecular weight is 342 g/mol. The Kier molecular flexibility index (Phi) is 6.42. The lowest BCUT2D eigenvalue weighted by atomic mass is 10.1. The first kappa shape index (κ1) is 18.8. The Labute approximate surface area is 149 Å². The van der Waals surface area contributed by atoms with Gasteiger partial charge in [-0.15, -0.1) is 0 Å². The van der Waals surface area contributed by atoms with Crippen LogP contribution in [0.2, 0.25) is 0 Å². The highest BCUT2D eigenvalue weighted by Crippen LogP contribution is 2.19. The van der Waals surface area contributed by atoms with Crippen LogP contribution < -0.4 is 15.4 Å². The summed E-state index contributed by atoms with van der Waals surface area (Å²) in [5.41, 5.74) is 3.62. The van der Waals surface area contributed by atoms with Crippen LogP contribution in [-0.2, 0) is 0 Å². The molecule has 0 radical (unpaired) electrons. The van der Waals surface area contributed by atoms with Gasteiger partial charge in [-0.25, -0.2) is 4.79 Å². The number of nitrogens with one attached hydrogen (secondary N) is 2. The van der Waals surface area contributed by atoms with Crippen LogP contribution in [0.1, 0.15) is 36.6 Å². The molecule has 2 rings (SSSR count). The highest BCUT2D eigenvalue weighted by molar-refractivity contribution is 5.90.